The van der Waals surface area contributed by atoms with Crippen molar-refractivity contribution >= 4 is 23.5 Å². The van der Waals surface area contributed by atoms with Gasteiger partial charge in [0, 0.05) is 33.3 Å². The average Bonchev–Trinajstić information content (AvgIpc) is 2.80. The summed E-state index contributed by atoms with van der Waals surface area (Å²) in [6, 6.07) is 0. The number of nitrogens with zero attached hydrogens (tertiary/aromatic N) is 5. The van der Waals surface area contributed by atoms with Gasteiger partial charge in [-0.15, -0.1) is 0 Å². The standard InChI is InChI=1S/C19H22ClF3N6O5/c1-32-15(34-13-10-26-27-17(31)16(13)19(21,22)23)11-33-7-2-14(30)28-3-5-29(6-4-28)18-24-8-12(20)9-25-18/h8-10,15H,2-7,11H2,1H3,(H,27,31)/t15-/m0/s1. The number of piperazine rings is 1. The number of carbonyl (C=O) groups excluding carboxylic acids is 1. The molecule has 0 saturated carbocycles. The van der Waals surface area contributed by atoms with Crippen LogP contribution in [-0.4, -0.2) is 83.8 Å². The normalized spacial score (nSPS) is 15.3. The van der Waals surface area contributed by atoms with Gasteiger partial charge in [-0.05, 0) is 0 Å². The Morgan fingerprint density at radius 1 is 1.21 bits per heavy atom. The Labute approximate surface area is 196 Å². The Morgan fingerprint density at radius 3 is 2.50 bits per heavy atom. The van der Waals surface area contributed by atoms with E-state index in [-0.39, 0.29) is 25.5 Å². The molecule has 186 valence electrons. The van der Waals surface area contributed by atoms with Gasteiger partial charge in [0.25, 0.3) is 5.56 Å². The number of hydrogen-bond donors (Lipinski definition) is 1. The van der Waals surface area contributed by atoms with Gasteiger partial charge in [-0.3, -0.25) is 9.59 Å². The van der Waals surface area contributed by atoms with E-state index in [1.165, 1.54) is 19.5 Å². The maximum absolute atomic E-state index is 13.1. The zero-order valence-electron chi connectivity index (χ0n) is 18.0. The summed E-state index contributed by atoms with van der Waals surface area (Å²) >= 11 is 5.79. The van der Waals surface area contributed by atoms with E-state index in [2.05, 4.69) is 15.1 Å². The SMILES string of the molecule is CO[C@H](COCCC(=O)N1CCN(c2ncc(Cl)cn2)CC1)Oc1cn[nH]c(=O)c1C(F)(F)F. The summed E-state index contributed by atoms with van der Waals surface area (Å²) in [7, 11) is 1.21. The van der Waals surface area contributed by atoms with E-state index in [1.54, 1.807) is 10.00 Å². The quantitative estimate of drug-likeness (QED) is 0.396. The molecule has 1 saturated heterocycles. The molecule has 0 aliphatic carbocycles. The van der Waals surface area contributed by atoms with E-state index in [4.69, 9.17) is 25.8 Å². The summed E-state index contributed by atoms with van der Waals surface area (Å²) in [4.78, 5) is 35.9. The molecule has 0 radical (unpaired) electrons. The Balaban J connectivity index is 1.42. The molecule has 3 heterocycles. The van der Waals surface area contributed by atoms with Crippen molar-refractivity contribution in [3.05, 3.63) is 39.5 Å². The molecular weight excluding hydrogens is 485 g/mol. The van der Waals surface area contributed by atoms with Gasteiger partial charge in [0.1, 0.15) is 6.61 Å². The molecule has 1 aliphatic heterocycles. The Hall–Kier alpha value is -2.97. The predicted molar refractivity (Wildman–Crippen MR) is 113 cm³/mol. The molecule has 11 nitrogen and oxygen atoms in total. The monoisotopic (exact) mass is 506 g/mol. The number of aromatic amines is 1. The third kappa shape index (κ3) is 6.77. The Kier molecular flexibility index (Phi) is 8.63. The molecule has 2 aromatic heterocycles. The van der Waals surface area contributed by atoms with E-state index in [0.717, 1.165) is 6.20 Å². The number of halogens is 4. The van der Waals surface area contributed by atoms with Crippen LogP contribution in [-0.2, 0) is 20.4 Å². The number of carbonyl (C=O) groups is 1. The highest BCUT2D eigenvalue weighted by Gasteiger charge is 2.39. The topological polar surface area (TPSA) is 123 Å². The van der Waals surface area contributed by atoms with Crippen molar-refractivity contribution in [2.24, 2.45) is 0 Å². The molecule has 1 atom stereocenters. The Bertz CT molecular complexity index is 1010. The second kappa shape index (κ2) is 11.4. The molecule has 1 fully saturated rings. The van der Waals surface area contributed by atoms with Crippen LogP contribution in [0.15, 0.2) is 23.4 Å². The predicted octanol–water partition coefficient (Wildman–Crippen LogP) is 1.34. The minimum absolute atomic E-state index is 0.00230. The second-order valence-electron chi connectivity index (χ2n) is 7.11. The highest BCUT2D eigenvalue weighted by Crippen LogP contribution is 2.33. The van der Waals surface area contributed by atoms with Gasteiger partial charge in [-0.2, -0.15) is 18.3 Å². The molecule has 34 heavy (non-hydrogen) atoms. The van der Waals surface area contributed by atoms with Gasteiger partial charge in [0.05, 0.1) is 36.6 Å². The molecule has 2 aromatic rings. The zero-order valence-corrected chi connectivity index (χ0v) is 18.8. The van der Waals surface area contributed by atoms with Crippen molar-refractivity contribution in [2.45, 2.75) is 18.9 Å². The van der Waals surface area contributed by atoms with E-state index in [1.807, 2.05) is 4.90 Å². The van der Waals surface area contributed by atoms with Gasteiger partial charge in [-0.25, -0.2) is 15.1 Å². The fourth-order valence-electron chi connectivity index (χ4n) is 3.15. The lowest BCUT2D eigenvalue weighted by Crippen LogP contribution is -2.49. The number of rotatable bonds is 9. The van der Waals surface area contributed by atoms with Crippen molar-refractivity contribution in [1.82, 2.24) is 25.1 Å². The number of H-pyrrole nitrogens is 1. The molecular formula is C19H22ClF3N6O5. The minimum atomic E-state index is -4.94. The number of amides is 1. The first-order chi connectivity index (χ1) is 16.2. The number of aromatic nitrogens is 4. The van der Waals surface area contributed by atoms with Crippen LogP contribution in [0, 0.1) is 0 Å². The van der Waals surface area contributed by atoms with Gasteiger partial charge in [0.15, 0.2) is 11.3 Å². The fraction of sp³-hybridized carbons (Fsp3) is 0.526. The number of alkyl halides is 3. The van der Waals surface area contributed by atoms with Crippen molar-refractivity contribution in [2.75, 3.05) is 51.4 Å². The number of ether oxygens (including phenoxy) is 3. The second-order valence-corrected chi connectivity index (χ2v) is 7.55. The molecule has 3 rings (SSSR count). The average molecular weight is 507 g/mol. The number of anilines is 1. The van der Waals surface area contributed by atoms with Crippen LogP contribution in [0.25, 0.3) is 0 Å². The van der Waals surface area contributed by atoms with E-state index >= 15 is 0 Å². The molecule has 0 unspecified atom stereocenters. The van der Waals surface area contributed by atoms with E-state index < -0.39 is 29.3 Å². The number of hydrogen-bond acceptors (Lipinski definition) is 9. The molecule has 0 spiro atoms. The third-order valence-electron chi connectivity index (χ3n) is 4.86. The van der Waals surface area contributed by atoms with Gasteiger partial charge in [-0.1, -0.05) is 11.6 Å². The van der Waals surface area contributed by atoms with Gasteiger partial charge < -0.3 is 24.0 Å². The van der Waals surface area contributed by atoms with Crippen LogP contribution in [0.2, 0.25) is 5.02 Å². The summed E-state index contributed by atoms with van der Waals surface area (Å²) in [5.41, 5.74) is -2.96. The molecule has 1 N–H and O–H groups in total. The zero-order chi connectivity index (χ0) is 24.7. The molecule has 15 heteroatoms. The molecule has 0 bridgehead atoms. The summed E-state index contributed by atoms with van der Waals surface area (Å²) in [5.74, 6) is -0.384. The van der Waals surface area contributed by atoms with E-state index in [0.29, 0.717) is 37.1 Å². The first-order valence-corrected chi connectivity index (χ1v) is 10.5. The minimum Gasteiger partial charge on any atom is -0.460 e. The van der Waals surface area contributed by atoms with Crippen molar-refractivity contribution in [3.8, 4) is 5.75 Å². The Morgan fingerprint density at radius 2 is 1.88 bits per heavy atom. The van der Waals surface area contributed by atoms with Gasteiger partial charge in [0.2, 0.25) is 18.1 Å². The van der Waals surface area contributed by atoms with Gasteiger partial charge >= 0.3 is 6.18 Å². The van der Waals surface area contributed by atoms with Crippen LogP contribution in [0.5, 0.6) is 5.75 Å². The lowest BCUT2D eigenvalue weighted by Gasteiger charge is -2.34. The van der Waals surface area contributed by atoms with Crippen molar-refractivity contribution in [1.29, 1.82) is 0 Å². The highest BCUT2D eigenvalue weighted by molar-refractivity contribution is 6.30. The number of nitrogens with one attached hydrogen (secondary N) is 1. The van der Waals surface area contributed by atoms with Crippen LogP contribution >= 0.6 is 11.6 Å². The number of methoxy groups -OCH3 is 1. The van der Waals surface area contributed by atoms with Crippen LogP contribution in [0.1, 0.15) is 12.0 Å². The molecule has 1 amide bonds. The summed E-state index contributed by atoms with van der Waals surface area (Å²) in [6.45, 7) is 1.80. The third-order valence-corrected chi connectivity index (χ3v) is 5.06. The first kappa shape index (κ1) is 25.6. The van der Waals surface area contributed by atoms with Crippen LogP contribution < -0.4 is 15.2 Å². The summed E-state index contributed by atoms with van der Waals surface area (Å²) in [5, 5.41) is 5.47. The summed E-state index contributed by atoms with van der Waals surface area (Å²) in [6.07, 6.45) is -2.38. The van der Waals surface area contributed by atoms with Crippen molar-refractivity contribution in [3.63, 3.8) is 0 Å². The lowest BCUT2D eigenvalue weighted by atomic mass is 10.2. The smallest absolute Gasteiger partial charge is 0.425 e. The summed E-state index contributed by atoms with van der Waals surface area (Å²) < 4.78 is 54.8. The van der Waals surface area contributed by atoms with Crippen LogP contribution in [0.4, 0.5) is 19.1 Å². The van der Waals surface area contributed by atoms with Crippen molar-refractivity contribution < 1.29 is 32.2 Å². The highest BCUT2D eigenvalue weighted by atomic mass is 35.5. The molecule has 0 aromatic carbocycles. The molecule has 1 aliphatic rings. The fourth-order valence-corrected chi connectivity index (χ4v) is 3.25. The lowest BCUT2D eigenvalue weighted by molar-refractivity contribution is -0.146. The maximum Gasteiger partial charge on any atom is 0.425 e. The van der Waals surface area contributed by atoms with E-state index in [9.17, 15) is 22.8 Å². The largest absolute Gasteiger partial charge is 0.460 e. The van der Waals surface area contributed by atoms with Crippen LogP contribution in [0.3, 0.4) is 0 Å². The maximum atomic E-state index is 13.1. The first-order valence-electron chi connectivity index (χ1n) is 10.1.